The van der Waals surface area contributed by atoms with Gasteiger partial charge in [0.2, 0.25) is 5.79 Å². The first kappa shape index (κ1) is 17.3. The predicted octanol–water partition coefficient (Wildman–Crippen LogP) is 3.31. The van der Waals surface area contributed by atoms with E-state index in [0.29, 0.717) is 0 Å². The highest BCUT2D eigenvalue weighted by atomic mass is 16.7. The van der Waals surface area contributed by atoms with Crippen LogP contribution in [0, 0.1) is 0 Å². The number of ether oxygens (including phenoxy) is 2. The Morgan fingerprint density at radius 2 is 0.913 bits per heavy atom. The van der Waals surface area contributed by atoms with Gasteiger partial charge in [-0.2, -0.15) is 0 Å². The minimum Gasteiger partial charge on any atom is -0.378 e. The highest BCUT2D eigenvalue weighted by molar-refractivity contribution is 5.51. The molecular weight excluding hydrogens is 288 g/mol. The standard InChI is InChI=1S/C19H26N2O2/c1-20(2)17-11-7-15(8-12-17)19(22-5,23-6)16-9-13-18(14-10-16)21(3)4/h7-14H,1-6H3. The third-order valence-corrected chi connectivity index (χ3v) is 4.10. The van der Waals surface area contributed by atoms with Crippen molar-refractivity contribution in [3.05, 3.63) is 59.7 Å². The normalized spacial score (nSPS) is 11.4. The molecular formula is C19H26N2O2. The van der Waals surface area contributed by atoms with Crippen molar-refractivity contribution in [3.63, 3.8) is 0 Å². The second-order valence-corrected chi connectivity index (χ2v) is 5.91. The maximum atomic E-state index is 5.81. The molecule has 4 nitrogen and oxygen atoms in total. The van der Waals surface area contributed by atoms with Crippen LogP contribution in [0.2, 0.25) is 0 Å². The summed E-state index contributed by atoms with van der Waals surface area (Å²) in [5.74, 6) is -0.907. The van der Waals surface area contributed by atoms with Crippen LogP contribution in [0.1, 0.15) is 11.1 Å². The minimum absolute atomic E-state index is 0.907. The van der Waals surface area contributed by atoms with Crippen LogP contribution in [0.3, 0.4) is 0 Å². The van der Waals surface area contributed by atoms with E-state index in [1.807, 2.05) is 52.5 Å². The summed E-state index contributed by atoms with van der Waals surface area (Å²) in [5.41, 5.74) is 4.20. The van der Waals surface area contributed by atoms with Gasteiger partial charge in [0.15, 0.2) is 0 Å². The van der Waals surface area contributed by atoms with Gasteiger partial charge in [0.05, 0.1) is 0 Å². The zero-order chi connectivity index (χ0) is 17.0. The second-order valence-electron chi connectivity index (χ2n) is 5.91. The van der Waals surface area contributed by atoms with E-state index in [2.05, 4.69) is 34.1 Å². The Labute approximate surface area is 139 Å². The van der Waals surface area contributed by atoms with Crippen LogP contribution in [0.25, 0.3) is 0 Å². The van der Waals surface area contributed by atoms with Crippen LogP contribution in [0.5, 0.6) is 0 Å². The zero-order valence-electron chi connectivity index (χ0n) is 14.8. The molecule has 0 aliphatic carbocycles. The molecule has 23 heavy (non-hydrogen) atoms. The van der Waals surface area contributed by atoms with Crippen molar-refractivity contribution in [3.8, 4) is 0 Å². The fourth-order valence-electron chi connectivity index (χ4n) is 2.68. The average Bonchev–Trinajstić information content (AvgIpc) is 2.57. The monoisotopic (exact) mass is 314 g/mol. The molecule has 2 aromatic rings. The van der Waals surface area contributed by atoms with Gasteiger partial charge >= 0.3 is 0 Å². The quantitative estimate of drug-likeness (QED) is 0.764. The van der Waals surface area contributed by atoms with Crippen LogP contribution >= 0.6 is 0 Å². The van der Waals surface area contributed by atoms with Crippen molar-refractivity contribution in [1.29, 1.82) is 0 Å². The molecule has 0 saturated heterocycles. The summed E-state index contributed by atoms with van der Waals surface area (Å²) in [5, 5.41) is 0. The zero-order valence-corrected chi connectivity index (χ0v) is 14.8. The molecule has 2 rings (SSSR count). The van der Waals surface area contributed by atoms with Crippen LogP contribution < -0.4 is 9.80 Å². The van der Waals surface area contributed by atoms with Gasteiger partial charge in [-0.05, 0) is 24.3 Å². The molecule has 0 N–H and O–H groups in total. The second kappa shape index (κ2) is 7.02. The molecule has 0 fully saturated rings. The average molecular weight is 314 g/mol. The van der Waals surface area contributed by atoms with E-state index in [-0.39, 0.29) is 0 Å². The van der Waals surface area contributed by atoms with Gasteiger partial charge < -0.3 is 19.3 Å². The summed E-state index contributed by atoms with van der Waals surface area (Å²) in [6.45, 7) is 0. The third-order valence-electron chi connectivity index (χ3n) is 4.10. The number of hydrogen-bond acceptors (Lipinski definition) is 4. The van der Waals surface area contributed by atoms with Gasteiger partial charge in [-0.15, -0.1) is 0 Å². The van der Waals surface area contributed by atoms with E-state index in [0.717, 1.165) is 22.5 Å². The smallest absolute Gasteiger partial charge is 0.221 e. The molecule has 124 valence electrons. The Balaban J connectivity index is 2.45. The van der Waals surface area contributed by atoms with Crippen molar-refractivity contribution >= 4 is 11.4 Å². The highest BCUT2D eigenvalue weighted by Crippen LogP contribution is 2.35. The Hall–Kier alpha value is -2.04. The van der Waals surface area contributed by atoms with E-state index in [1.54, 1.807) is 14.2 Å². The van der Waals surface area contributed by atoms with Crippen molar-refractivity contribution in [1.82, 2.24) is 0 Å². The Morgan fingerprint density at radius 1 is 0.609 bits per heavy atom. The van der Waals surface area contributed by atoms with E-state index in [1.165, 1.54) is 0 Å². The fraction of sp³-hybridized carbons (Fsp3) is 0.368. The lowest BCUT2D eigenvalue weighted by molar-refractivity contribution is -0.183. The molecule has 0 bridgehead atoms. The number of anilines is 2. The number of nitrogens with zero attached hydrogens (tertiary/aromatic N) is 2. The summed E-state index contributed by atoms with van der Waals surface area (Å²) >= 11 is 0. The van der Waals surface area contributed by atoms with E-state index < -0.39 is 5.79 Å². The maximum Gasteiger partial charge on any atom is 0.221 e. The van der Waals surface area contributed by atoms with Gasteiger partial charge in [-0.3, -0.25) is 0 Å². The van der Waals surface area contributed by atoms with Crippen LogP contribution in [-0.4, -0.2) is 42.4 Å². The molecule has 0 heterocycles. The molecule has 0 unspecified atom stereocenters. The molecule has 0 radical (unpaired) electrons. The van der Waals surface area contributed by atoms with Crippen LogP contribution in [0.15, 0.2) is 48.5 Å². The summed E-state index contributed by atoms with van der Waals surface area (Å²) in [4.78, 5) is 4.13. The van der Waals surface area contributed by atoms with E-state index in [4.69, 9.17) is 9.47 Å². The summed E-state index contributed by atoms with van der Waals surface area (Å²) in [6, 6.07) is 16.4. The van der Waals surface area contributed by atoms with Gasteiger partial charge in [-0.1, -0.05) is 24.3 Å². The summed E-state index contributed by atoms with van der Waals surface area (Å²) in [6.07, 6.45) is 0. The summed E-state index contributed by atoms with van der Waals surface area (Å²) < 4.78 is 11.6. The first-order chi connectivity index (χ1) is 10.9. The van der Waals surface area contributed by atoms with Crippen molar-refractivity contribution in [2.24, 2.45) is 0 Å². The molecule has 0 aliphatic heterocycles. The van der Waals surface area contributed by atoms with Gasteiger partial charge in [-0.25, -0.2) is 0 Å². The third kappa shape index (κ3) is 3.33. The molecule has 0 atom stereocenters. The van der Waals surface area contributed by atoms with Gasteiger partial charge in [0.25, 0.3) is 0 Å². The SMILES string of the molecule is COC(OC)(c1ccc(N(C)C)cc1)c1ccc(N(C)C)cc1. The van der Waals surface area contributed by atoms with Crippen LogP contribution in [0.4, 0.5) is 11.4 Å². The predicted molar refractivity (Wildman–Crippen MR) is 96.3 cm³/mol. The van der Waals surface area contributed by atoms with Crippen molar-refractivity contribution in [2.45, 2.75) is 5.79 Å². The lowest BCUT2D eigenvalue weighted by atomic mass is 9.96. The van der Waals surface area contributed by atoms with Crippen molar-refractivity contribution in [2.75, 3.05) is 52.2 Å². The maximum absolute atomic E-state index is 5.81. The van der Waals surface area contributed by atoms with Gasteiger partial charge in [0, 0.05) is 64.9 Å². The fourth-order valence-corrected chi connectivity index (χ4v) is 2.68. The molecule has 0 amide bonds. The Morgan fingerprint density at radius 3 is 1.13 bits per heavy atom. The highest BCUT2D eigenvalue weighted by Gasteiger charge is 2.34. The lowest BCUT2D eigenvalue weighted by Crippen LogP contribution is -2.32. The molecule has 2 aromatic carbocycles. The number of hydrogen-bond donors (Lipinski definition) is 0. The minimum atomic E-state index is -0.907. The topological polar surface area (TPSA) is 24.9 Å². The Kier molecular flexibility index (Phi) is 5.29. The molecule has 0 aromatic heterocycles. The molecule has 0 saturated carbocycles. The molecule has 0 aliphatic rings. The lowest BCUT2D eigenvalue weighted by Gasteiger charge is -2.32. The molecule has 0 spiro atoms. The number of methoxy groups -OCH3 is 2. The largest absolute Gasteiger partial charge is 0.378 e. The summed E-state index contributed by atoms with van der Waals surface area (Å²) in [7, 11) is 11.4. The van der Waals surface area contributed by atoms with Crippen LogP contribution in [-0.2, 0) is 15.3 Å². The van der Waals surface area contributed by atoms with E-state index >= 15 is 0 Å². The van der Waals surface area contributed by atoms with Gasteiger partial charge in [0.1, 0.15) is 0 Å². The number of rotatable bonds is 6. The van der Waals surface area contributed by atoms with E-state index in [9.17, 15) is 0 Å². The molecule has 4 heteroatoms. The van der Waals surface area contributed by atoms with Crippen molar-refractivity contribution < 1.29 is 9.47 Å². The first-order valence-electron chi connectivity index (χ1n) is 7.60. The first-order valence-corrected chi connectivity index (χ1v) is 7.60. The number of benzene rings is 2. The Bertz CT molecular complexity index is 561.